The molecule has 1 aromatic carbocycles. The van der Waals surface area contributed by atoms with Crippen molar-refractivity contribution >= 4 is 23.5 Å². The first kappa shape index (κ1) is 17.7. The number of carbonyl (C=O) groups is 3. The normalized spacial score (nSPS) is 9.95. The van der Waals surface area contributed by atoms with Gasteiger partial charge in [-0.3, -0.25) is 9.59 Å². The van der Waals surface area contributed by atoms with E-state index in [1.165, 1.54) is 11.8 Å². The first-order chi connectivity index (χ1) is 10.5. The smallest absolute Gasteiger partial charge is 0.338 e. The number of rotatable bonds is 7. The van der Waals surface area contributed by atoms with Gasteiger partial charge in [0.2, 0.25) is 11.8 Å². The van der Waals surface area contributed by atoms with Crippen molar-refractivity contribution in [3.05, 3.63) is 29.8 Å². The van der Waals surface area contributed by atoms with Gasteiger partial charge in [0.1, 0.15) is 6.54 Å². The second-order valence-electron chi connectivity index (χ2n) is 4.72. The Hall–Kier alpha value is -2.37. The molecule has 1 N–H and O–H groups in total. The highest BCUT2D eigenvalue weighted by molar-refractivity contribution is 5.98. The minimum absolute atomic E-state index is 0.0475. The van der Waals surface area contributed by atoms with E-state index in [2.05, 4.69) is 5.32 Å². The fraction of sp³-hybridized carbons (Fsp3) is 0.438. The van der Waals surface area contributed by atoms with E-state index in [1.54, 1.807) is 31.2 Å². The van der Waals surface area contributed by atoms with Crippen molar-refractivity contribution in [1.82, 2.24) is 5.32 Å². The Balaban J connectivity index is 2.82. The molecule has 0 bridgehead atoms. The lowest BCUT2D eigenvalue weighted by Gasteiger charge is -2.20. The molecule has 0 radical (unpaired) electrons. The fourth-order valence-corrected chi connectivity index (χ4v) is 1.84. The van der Waals surface area contributed by atoms with Crippen LogP contribution in [-0.4, -0.2) is 37.5 Å². The molecular formula is C16H22N2O4. The molecule has 0 heterocycles. The molecule has 0 spiro atoms. The molecule has 0 atom stereocenters. The molecule has 0 unspecified atom stereocenters. The quantitative estimate of drug-likeness (QED) is 0.779. The van der Waals surface area contributed by atoms with Crippen LogP contribution in [-0.2, 0) is 14.3 Å². The zero-order valence-corrected chi connectivity index (χ0v) is 13.2. The van der Waals surface area contributed by atoms with Crippen molar-refractivity contribution in [2.45, 2.75) is 27.2 Å². The Bertz CT molecular complexity index is 525. The van der Waals surface area contributed by atoms with Crippen molar-refractivity contribution in [2.75, 3.05) is 24.6 Å². The number of amides is 2. The zero-order valence-electron chi connectivity index (χ0n) is 13.2. The first-order valence-electron chi connectivity index (χ1n) is 7.31. The number of hydrogen-bond donors (Lipinski definition) is 1. The third-order valence-electron chi connectivity index (χ3n) is 2.94. The van der Waals surface area contributed by atoms with E-state index in [9.17, 15) is 14.4 Å². The highest BCUT2D eigenvalue weighted by atomic mass is 16.5. The predicted octanol–water partition coefficient (Wildman–Crippen LogP) is 1.74. The second kappa shape index (κ2) is 8.81. The summed E-state index contributed by atoms with van der Waals surface area (Å²) in [7, 11) is 0. The minimum Gasteiger partial charge on any atom is -0.462 e. The van der Waals surface area contributed by atoms with Crippen molar-refractivity contribution in [2.24, 2.45) is 0 Å². The highest BCUT2D eigenvalue weighted by Gasteiger charge is 2.16. The maximum atomic E-state index is 11.8. The van der Waals surface area contributed by atoms with E-state index in [4.69, 9.17) is 4.74 Å². The molecule has 0 fully saturated rings. The second-order valence-corrected chi connectivity index (χ2v) is 4.72. The Labute approximate surface area is 130 Å². The first-order valence-corrected chi connectivity index (χ1v) is 7.31. The maximum Gasteiger partial charge on any atom is 0.338 e. The van der Waals surface area contributed by atoms with Gasteiger partial charge in [0, 0.05) is 19.2 Å². The predicted molar refractivity (Wildman–Crippen MR) is 83.7 cm³/mol. The number of carbonyl (C=O) groups excluding carboxylic acids is 3. The summed E-state index contributed by atoms with van der Waals surface area (Å²) in [5, 5.41) is 2.73. The lowest BCUT2D eigenvalue weighted by atomic mass is 10.2. The monoisotopic (exact) mass is 306 g/mol. The van der Waals surface area contributed by atoms with Gasteiger partial charge in [-0.15, -0.1) is 0 Å². The van der Waals surface area contributed by atoms with Crippen LogP contribution in [0, 0.1) is 0 Å². The van der Waals surface area contributed by atoms with Crippen LogP contribution in [0.25, 0.3) is 0 Å². The van der Waals surface area contributed by atoms with Crippen LogP contribution in [0.5, 0.6) is 0 Å². The van der Waals surface area contributed by atoms with Gasteiger partial charge in [-0.1, -0.05) is 6.92 Å². The molecule has 120 valence electrons. The van der Waals surface area contributed by atoms with Gasteiger partial charge in [-0.05, 0) is 37.6 Å². The van der Waals surface area contributed by atoms with E-state index in [0.29, 0.717) is 24.4 Å². The summed E-state index contributed by atoms with van der Waals surface area (Å²) >= 11 is 0. The Morgan fingerprint density at radius 2 is 1.77 bits per heavy atom. The van der Waals surface area contributed by atoms with Gasteiger partial charge in [-0.25, -0.2) is 4.79 Å². The van der Waals surface area contributed by atoms with Crippen molar-refractivity contribution in [3.8, 4) is 0 Å². The maximum absolute atomic E-state index is 11.8. The molecule has 1 rings (SSSR count). The zero-order chi connectivity index (χ0) is 16.5. The Kier molecular flexibility index (Phi) is 7.08. The van der Waals surface area contributed by atoms with Crippen molar-refractivity contribution in [1.29, 1.82) is 0 Å². The Morgan fingerprint density at radius 1 is 1.14 bits per heavy atom. The number of anilines is 1. The van der Waals surface area contributed by atoms with Crippen LogP contribution < -0.4 is 10.2 Å². The fourth-order valence-electron chi connectivity index (χ4n) is 1.84. The van der Waals surface area contributed by atoms with Gasteiger partial charge < -0.3 is 15.0 Å². The summed E-state index contributed by atoms with van der Waals surface area (Å²) in [6, 6.07) is 6.40. The number of esters is 1. The van der Waals surface area contributed by atoms with Crippen molar-refractivity contribution < 1.29 is 19.1 Å². The van der Waals surface area contributed by atoms with Crippen LogP contribution in [0.1, 0.15) is 37.6 Å². The summed E-state index contributed by atoms with van der Waals surface area (Å²) in [6.45, 7) is 5.92. The van der Waals surface area contributed by atoms with E-state index in [0.717, 1.165) is 6.42 Å². The van der Waals surface area contributed by atoms with Crippen molar-refractivity contribution in [3.63, 3.8) is 0 Å². The number of ether oxygens (including phenoxy) is 1. The van der Waals surface area contributed by atoms with Crippen LogP contribution >= 0.6 is 0 Å². The molecule has 0 aromatic heterocycles. The molecular weight excluding hydrogens is 284 g/mol. The summed E-state index contributed by atoms with van der Waals surface area (Å²) in [4.78, 5) is 36.5. The summed E-state index contributed by atoms with van der Waals surface area (Å²) in [6.07, 6.45) is 0.833. The summed E-state index contributed by atoms with van der Waals surface area (Å²) < 4.78 is 4.90. The third-order valence-corrected chi connectivity index (χ3v) is 2.94. The molecule has 6 heteroatoms. The lowest BCUT2D eigenvalue weighted by Crippen LogP contribution is -2.40. The average molecular weight is 306 g/mol. The summed E-state index contributed by atoms with van der Waals surface area (Å²) in [5.74, 6) is -0.869. The van der Waals surface area contributed by atoms with Crippen LogP contribution in [0.4, 0.5) is 5.69 Å². The molecule has 6 nitrogen and oxygen atoms in total. The SMILES string of the molecule is CCCNC(=O)CN(C(C)=O)c1ccc(C(=O)OCC)cc1. The molecule has 22 heavy (non-hydrogen) atoms. The molecule has 1 aromatic rings. The molecule has 0 saturated heterocycles. The van der Waals surface area contributed by atoms with Gasteiger partial charge in [0.05, 0.1) is 12.2 Å². The Morgan fingerprint density at radius 3 is 2.27 bits per heavy atom. The molecule has 0 aliphatic rings. The third kappa shape index (κ3) is 5.20. The number of hydrogen-bond acceptors (Lipinski definition) is 4. The van der Waals surface area contributed by atoms with Gasteiger partial charge in [0.25, 0.3) is 0 Å². The van der Waals surface area contributed by atoms with Gasteiger partial charge in [0.15, 0.2) is 0 Å². The molecule has 0 saturated carbocycles. The van der Waals surface area contributed by atoms with E-state index in [-0.39, 0.29) is 18.4 Å². The summed E-state index contributed by atoms with van der Waals surface area (Å²) in [5.41, 5.74) is 0.969. The lowest BCUT2D eigenvalue weighted by molar-refractivity contribution is -0.123. The van der Waals surface area contributed by atoms with E-state index < -0.39 is 5.97 Å². The molecule has 2 amide bonds. The molecule has 0 aliphatic carbocycles. The van der Waals surface area contributed by atoms with Crippen LogP contribution in [0.15, 0.2) is 24.3 Å². The number of nitrogens with one attached hydrogen (secondary N) is 1. The standard InChI is InChI=1S/C16H22N2O4/c1-4-10-17-15(20)11-18(12(3)19)14-8-6-13(7-9-14)16(21)22-5-2/h6-9H,4-5,10-11H2,1-3H3,(H,17,20). The van der Waals surface area contributed by atoms with E-state index >= 15 is 0 Å². The topological polar surface area (TPSA) is 75.7 Å². The number of benzene rings is 1. The number of nitrogens with zero attached hydrogens (tertiary/aromatic N) is 1. The van der Waals surface area contributed by atoms with Gasteiger partial charge >= 0.3 is 5.97 Å². The highest BCUT2D eigenvalue weighted by Crippen LogP contribution is 2.16. The minimum atomic E-state index is -0.413. The largest absolute Gasteiger partial charge is 0.462 e. The average Bonchev–Trinajstić information content (AvgIpc) is 2.50. The van der Waals surface area contributed by atoms with Crippen LogP contribution in [0.3, 0.4) is 0 Å². The van der Waals surface area contributed by atoms with Crippen LogP contribution in [0.2, 0.25) is 0 Å². The van der Waals surface area contributed by atoms with E-state index in [1.807, 2.05) is 6.92 Å². The van der Waals surface area contributed by atoms with Gasteiger partial charge in [-0.2, -0.15) is 0 Å². The molecule has 0 aliphatic heterocycles.